The fourth-order valence-corrected chi connectivity index (χ4v) is 5.68. The third kappa shape index (κ3) is 2.89. The molecule has 2 saturated heterocycles. The van der Waals surface area contributed by atoms with Gasteiger partial charge in [-0.25, -0.2) is 9.57 Å². The number of benzene rings is 1. The molecule has 36 heavy (non-hydrogen) atoms. The van der Waals surface area contributed by atoms with E-state index in [1.165, 1.54) is 10.6 Å². The number of aliphatic imine (C=N–C) groups is 1. The monoisotopic (exact) mass is 501 g/mol. The molecule has 15 nitrogen and oxygen atoms in total. The van der Waals surface area contributed by atoms with Crippen molar-refractivity contribution in [2.45, 2.75) is 42.4 Å². The second-order valence-electron chi connectivity index (χ2n) is 9.29. The number of para-hydroxylation sites is 1. The Bertz CT molecular complexity index is 1250. The molecule has 0 aliphatic carbocycles. The summed E-state index contributed by atoms with van der Waals surface area (Å²) in [5.74, 6) is -3.33. The van der Waals surface area contributed by atoms with E-state index in [1.807, 2.05) is 0 Å². The van der Waals surface area contributed by atoms with Crippen LogP contribution in [0, 0.1) is 0 Å². The van der Waals surface area contributed by atoms with Gasteiger partial charge in [0.1, 0.15) is 18.1 Å². The highest BCUT2D eigenvalue weighted by Crippen LogP contribution is 2.42. The SMILES string of the molecule is NC1=NC2[C@H](CN3C(=O)CCC3=O)NC(N)=[N+]3CC(NC(=O)c4cccc5c4OCO5)C(O)(O)C23N1. The van der Waals surface area contributed by atoms with E-state index in [1.54, 1.807) is 12.1 Å². The van der Waals surface area contributed by atoms with E-state index >= 15 is 0 Å². The molecule has 1 spiro atoms. The summed E-state index contributed by atoms with van der Waals surface area (Å²) in [7, 11) is 0. The van der Waals surface area contributed by atoms with Crippen LogP contribution in [0.1, 0.15) is 23.2 Å². The molecule has 0 radical (unpaired) electrons. The molecule has 5 aliphatic rings. The molecule has 3 amide bonds. The summed E-state index contributed by atoms with van der Waals surface area (Å²) in [6.45, 7) is -0.255. The van der Waals surface area contributed by atoms with Crippen molar-refractivity contribution in [3.05, 3.63) is 23.8 Å². The normalized spacial score (nSPS) is 31.6. The molecule has 1 aromatic rings. The fraction of sp³-hybridized carbons (Fsp3) is 0.476. The first kappa shape index (κ1) is 22.4. The molecular formula is C21H25N8O7+. The summed E-state index contributed by atoms with van der Waals surface area (Å²) in [5, 5.41) is 31.6. The number of amides is 3. The van der Waals surface area contributed by atoms with Crippen molar-refractivity contribution < 1.29 is 38.6 Å². The Balaban J connectivity index is 1.33. The fourth-order valence-electron chi connectivity index (χ4n) is 5.68. The van der Waals surface area contributed by atoms with Crippen molar-refractivity contribution in [1.29, 1.82) is 0 Å². The van der Waals surface area contributed by atoms with Crippen LogP contribution in [0.3, 0.4) is 0 Å². The van der Waals surface area contributed by atoms with E-state index in [4.69, 9.17) is 20.9 Å². The summed E-state index contributed by atoms with van der Waals surface area (Å²) in [6, 6.07) is 1.78. The first-order valence-electron chi connectivity index (χ1n) is 11.4. The van der Waals surface area contributed by atoms with E-state index in [0.29, 0.717) is 5.75 Å². The van der Waals surface area contributed by atoms with Crippen molar-refractivity contribution in [1.82, 2.24) is 20.9 Å². The Morgan fingerprint density at radius 2 is 2.00 bits per heavy atom. The van der Waals surface area contributed by atoms with Gasteiger partial charge in [-0.1, -0.05) is 6.07 Å². The largest absolute Gasteiger partial charge is 0.454 e. The summed E-state index contributed by atoms with van der Waals surface area (Å²) < 4.78 is 12.1. The first-order valence-corrected chi connectivity index (χ1v) is 11.4. The van der Waals surface area contributed by atoms with Gasteiger partial charge in [0.2, 0.25) is 30.1 Å². The number of nitrogens with one attached hydrogen (secondary N) is 3. The molecule has 0 aromatic heterocycles. The first-order chi connectivity index (χ1) is 17.1. The zero-order chi connectivity index (χ0) is 25.4. The standard InChI is InChI=1S/C21H24N8O7/c22-18-26-16-10(6-28-13(30)4-5-14(28)31)24-19(23)29-7-12(21(33,34)20(16,29)27-18)25-17(32)9-2-1-3-11-15(9)36-8-35-11/h1-3,10,12,16,33-34H,4-8H2,(H6,22,23,24,25,26,27,32)/p+1/t10-,12?,16?,20?/m0/s1. The van der Waals surface area contributed by atoms with Gasteiger partial charge < -0.3 is 36.1 Å². The number of nitrogens with two attached hydrogens (primary N) is 2. The number of ether oxygens (including phenoxy) is 2. The number of likely N-dealkylation sites (tertiary alicyclic amines) is 1. The van der Waals surface area contributed by atoms with Crippen LogP contribution in [0.5, 0.6) is 11.5 Å². The van der Waals surface area contributed by atoms with E-state index in [9.17, 15) is 24.6 Å². The molecule has 6 rings (SSSR count). The topological polar surface area (TPSA) is 217 Å². The van der Waals surface area contributed by atoms with Gasteiger partial charge in [0.05, 0.1) is 18.7 Å². The minimum Gasteiger partial charge on any atom is -0.454 e. The Hall–Kier alpha value is -4.11. The van der Waals surface area contributed by atoms with Crippen LogP contribution in [0.2, 0.25) is 0 Å². The Morgan fingerprint density at radius 1 is 1.25 bits per heavy atom. The lowest BCUT2D eigenvalue weighted by molar-refractivity contribution is -0.623. The number of hydrogen-bond donors (Lipinski definition) is 7. The van der Waals surface area contributed by atoms with Crippen LogP contribution in [-0.2, 0) is 9.59 Å². The highest BCUT2D eigenvalue weighted by atomic mass is 16.7. The molecule has 0 saturated carbocycles. The summed E-state index contributed by atoms with van der Waals surface area (Å²) in [4.78, 5) is 43.1. The molecule has 5 aliphatic heterocycles. The molecule has 5 heterocycles. The predicted molar refractivity (Wildman–Crippen MR) is 119 cm³/mol. The smallest absolute Gasteiger partial charge is 0.346 e. The molecule has 190 valence electrons. The van der Waals surface area contributed by atoms with Gasteiger partial charge in [0, 0.05) is 12.8 Å². The van der Waals surface area contributed by atoms with Crippen molar-refractivity contribution in [2.75, 3.05) is 19.9 Å². The predicted octanol–water partition coefficient (Wildman–Crippen LogP) is -4.36. The number of guanidine groups is 2. The van der Waals surface area contributed by atoms with Crippen LogP contribution in [0.4, 0.5) is 0 Å². The lowest BCUT2D eigenvalue weighted by atomic mass is 9.85. The number of carbonyl (C=O) groups is 3. The van der Waals surface area contributed by atoms with Crippen LogP contribution < -0.4 is 36.9 Å². The molecule has 3 unspecified atom stereocenters. The van der Waals surface area contributed by atoms with Crippen LogP contribution >= 0.6 is 0 Å². The van der Waals surface area contributed by atoms with Gasteiger partial charge >= 0.3 is 5.96 Å². The lowest BCUT2D eigenvalue weighted by Gasteiger charge is -2.44. The third-order valence-electron chi connectivity index (χ3n) is 7.35. The summed E-state index contributed by atoms with van der Waals surface area (Å²) in [6.07, 6.45) is 0.207. The zero-order valence-electron chi connectivity index (χ0n) is 18.9. The molecule has 1 aromatic carbocycles. The maximum Gasteiger partial charge on any atom is 0.346 e. The number of nitrogens with zero attached hydrogens (tertiary/aromatic N) is 3. The van der Waals surface area contributed by atoms with E-state index in [-0.39, 0.29) is 67.8 Å². The number of aliphatic hydroxyl groups is 2. The van der Waals surface area contributed by atoms with E-state index in [2.05, 4.69) is 20.9 Å². The van der Waals surface area contributed by atoms with Gasteiger partial charge in [-0.2, -0.15) is 0 Å². The third-order valence-corrected chi connectivity index (χ3v) is 7.35. The van der Waals surface area contributed by atoms with Crippen LogP contribution in [0.25, 0.3) is 0 Å². The highest BCUT2D eigenvalue weighted by Gasteiger charge is 2.75. The van der Waals surface area contributed by atoms with Crippen molar-refractivity contribution >= 4 is 29.6 Å². The van der Waals surface area contributed by atoms with Gasteiger partial charge in [0.15, 0.2) is 17.5 Å². The van der Waals surface area contributed by atoms with Gasteiger partial charge in [-0.15, -0.1) is 0 Å². The summed E-state index contributed by atoms with van der Waals surface area (Å²) >= 11 is 0. The second-order valence-corrected chi connectivity index (χ2v) is 9.29. The number of rotatable bonds is 4. The number of imide groups is 1. The van der Waals surface area contributed by atoms with Crippen molar-refractivity contribution in [3.63, 3.8) is 0 Å². The van der Waals surface area contributed by atoms with E-state index in [0.717, 1.165) is 4.90 Å². The number of fused-ring (bicyclic) bond motifs is 1. The average Bonchev–Trinajstić information content (AvgIpc) is 3.57. The average molecular weight is 501 g/mol. The van der Waals surface area contributed by atoms with Crippen LogP contribution in [-0.4, -0.2) is 98.8 Å². The van der Waals surface area contributed by atoms with Crippen molar-refractivity contribution in [2.24, 2.45) is 16.5 Å². The van der Waals surface area contributed by atoms with Crippen molar-refractivity contribution in [3.8, 4) is 11.5 Å². The van der Waals surface area contributed by atoms with Gasteiger partial charge in [-0.3, -0.25) is 30.3 Å². The molecule has 2 fully saturated rings. The zero-order valence-corrected chi connectivity index (χ0v) is 18.9. The highest BCUT2D eigenvalue weighted by molar-refractivity contribution is 6.02. The minimum atomic E-state index is -2.64. The maximum atomic E-state index is 13.2. The minimum absolute atomic E-state index is 0.0350. The maximum absolute atomic E-state index is 13.2. The number of carbonyl (C=O) groups excluding carboxylic acids is 3. The quantitative estimate of drug-likeness (QED) is 0.119. The molecule has 9 N–H and O–H groups in total. The van der Waals surface area contributed by atoms with E-state index < -0.39 is 35.5 Å². The lowest BCUT2D eigenvalue weighted by Crippen LogP contribution is -2.79. The van der Waals surface area contributed by atoms with Gasteiger partial charge in [-0.05, 0) is 12.1 Å². The Morgan fingerprint density at radius 3 is 2.75 bits per heavy atom. The molecule has 0 bridgehead atoms. The summed E-state index contributed by atoms with van der Waals surface area (Å²) in [5.41, 5.74) is 10.7. The molecule has 15 heteroatoms. The Labute approximate surface area is 203 Å². The molecule has 4 atom stereocenters. The molecular weight excluding hydrogens is 476 g/mol. The van der Waals surface area contributed by atoms with Crippen LogP contribution in [0.15, 0.2) is 23.2 Å². The second kappa shape index (κ2) is 7.44. The van der Waals surface area contributed by atoms with Gasteiger partial charge in [0.25, 0.3) is 5.91 Å². The Kier molecular flexibility index (Phi) is 4.62. The number of hydrogen-bond acceptors (Lipinski definition) is 12.